The molecule has 4 aliphatic rings. The predicted molar refractivity (Wildman–Crippen MR) is 155 cm³/mol. The summed E-state index contributed by atoms with van der Waals surface area (Å²) in [5.74, 6) is 0.226. The van der Waals surface area contributed by atoms with Gasteiger partial charge in [-0.15, -0.1) is 0 Å². The normalized spacial score (nSPS) is 24.8. The molecule has 1 aliphatic carbocycles. The maximum atomic E-state index is 13.9. The van der Waals surface area contributed by atoms with E-state index in [2.05, 4.69) is 25.5 Å². The highest BCUT2D eigenvalue weighted by molar-refractivity contribution is 7.89. The summed E-state index contributed by atoms with van der Waals surface area (Å²) >= 11 is 0. The molecule has 6 rings (SSSR count). The van der Waals surface area contributed by atoms with E-state index < -0.39 is 27.4 Å². The Bertz CT molecular complexity index is 1460. The van der Waals surface area contributed by atoms with Crippen LogP contribution >= 0.6 is 0 Å². The number of hydrogen-bond donors (Lipinski definition) is 4. The molecule has 0 spiro atoms. The van der Waals surface area contributed by atoms with E-state index >= 15 is 0 Å². The van der Waals surface area contributed by atoms with E-state index in [1.54, 1.807) is 6.07 Å². The van der Waals surface area contributed by atoms with Crippen LogP contribution in [0.4, 0.5) is 24.7 Å². The van der Waals surface area contributed by atoms with Gasteiger partial charge in [-0.25, -0.2) is 13.4 Å². The molecule has 5 N–H and O–H groups in total. The molecule has 1 saturated carbocycles. The number of halogens is 3. The number of sulfonamides is 1. The number of benzene rings is 1. The second-order valence-electron chi connectivity index (χ2n) is 11.6. The van der Waals surface area contributed by atoms with Crippen molar-refractivity contribution in [3.63, 3.8) is 0 Å². The zero-order valence-corrected chi connectivity index (χ0v) is 24.9. The Hall–Kier alpha value is -2.85. The van der Waals surface area contributed by atoms with Gasteiger partial charge in [0, 0.05) is 56.0 Å². The lowest BCUT2D eigenvalue weighted by atomic mass is 9.83. The fourth-order valence-corrected chi connectivity index (χ4v) is 8.36. The topological polar surface area (TPSA) is 137 Å². The molecule has 0 radical (unpaired) electrons. The molecule has 3 fully saturated rings. The zero-order valence-electron chi connectivity index (χ0n) is 24.0. The van der Waals surface area contributed by atoms with Gasteiger partial charge in [-0.2, -0.15) is 17.5 Å². The number of nitrogens with one attached hydrogen (secondary N) is 3. The van der Waals surface area contributed by atoms with Crippen LogP contribution in [0, 0.1) is 5.92 Å². The summed E-state index contributed by atoms with van der Waals surface area (Å²) in [5.41, 5.74) is 4.59. The number of ether oxygens (including phenoxy) is 2. The van der Waals surface area contributed by atoms with Crippen molar-refractivity contribution < 1.29 is 31.1 Å². The van der Waals surface area contributed by atoms with Crippen molar-refractivity contribution in [2.45, 2.75) is 61.3 Å². The minimum absolute atomic E-state index is 0.0942. The Labute approximate surface area is 249 Å². The monoisotopic (exact) mass is 625 g/mol. The number of fused-ring (bicyclic) bond motifs is 1. The largest absolute Gasteiger partial charge is 0.495 e. The number of piperidine rings is 1. The van der Waals surface area contributed by atoms with Crippen LogP contribution in [0.3, 0.4) is 0 Å². The molecule has 2 aromatic rings. The second-order valence-corrected chi connectivity index (χ2v) is 13.6. The van der Waals surface area contributed by atoms with Gasteiger partial charge < -0.3 is 30.8 Å². The quantitative estimate of drug-likeness (QED) is 0.381. The van der Waals surface area contributed by atoms with Gasteiger partial charge in [0.25, 0.3) is 0 Å². The number of H-pyrrole nitrogens is 1. The highest BCUT2D eigenvalue weighted by atomic mass is 32.2. The van der Waals surface area contributed by atoms with Gasteiger partial charge >= 0.3 is 6.18 Å². The van der Waals surface area contributed by atoms with Gasteiger partial charge in [0.1, 0.15) is 17.2 Å². The minimum Gasteiger partial charge on any atom is -0.495 e. The lowest BCUT2D eigenvalue weighted by Crippen LogP contribution is -2.50. The zero-order chi connectivity index (χ0) is 30.4. The molecule has 0 amide bonds. The fourth-order valence-electron chi connectivity index (χ4n) is 6.87. The van der Waals surface area contributed by atoms with Crippen LogP contribution in [0.25, 0.3) is 0 Å². The van der Waals surface area contributed by atoms with E-state index in [-0.39, 0.29) is 33.9 Å². The molecule has 4 heterocycles. The van der Waals surface area contributed by atoms with Crippen molar-refractivity contribution in [1.82, 2.24) is 14.2 Å². The average molecular weight is 626 g/mol. The van der Waals surface area contributed by atoms with Crippen molar-refractivity contribution in [2.75, 3.05) is 57.1 Å². The number of aromatic nitrogens is 1. The Morgan fingerprint density at radius 1 is 1.12 bits per heavy atom. The van der Waals surface area contributed by atoms with E-state index in [4.69, 9.17) is 15.2 Å². The number of guanidine groups is 1. The summed E-state index contributed by atoms with van der Waals surface area (Å²) in [5, 5.41) is 5.98. The third-order valence-corrected chi connectivity index (χ3v) is 11.0. The minimum atomic E-state index is -4.60. The average Bonchev–Trinajstić information content (AvgIpc) is 3.70. The first-order valence-corrected chi connectivity index (χ1v) is 16.2. The molecule has 1 atom stereocenters. The van der Waals surface area contributed by atoms with Crippen molar-refractivity contribution in [3.8, 4) is 5.75 Å². The molecular weight excluding hydrogens is 587 g/mol. The number of nitrogens with zero attached hydrogens (tertiary/aromatic N) is 3. The lowest BCUT2D eigenvalue weighted by Gasteiger charge is -2.39. The Kier molecular flexibility index (Phi) is 8.13. The van der Waals surface area contributed by atoms with Crippen LogP contribution in [-0.2, 0) is 26.6 Å². The van der Waals surface area contributed by atoms with Crippen LogP contribution in [-0.4, -0.2) is 81.1 Å². The van der Waals surface area contributed by atoms with Crippen LogP contribution < -0.4 is 21.1 Å². The number of morpholine rings is 1. The van der Waals surface area contributed by atoms with E-state index in [0.29, 0.717) is 50.9 Å². The fraction of sp³-hybridized carbons (Fsp3) is 0.607. The number of nitrogens with two attached hydrogens (primary N) is 1. The van der Waals surface area contributed by atoms with Crippen LogP contribution in [0.5, 0.6) is 5.75 Å². The van der Waals surface area contributed by atoms with Crippen molar-refractivity contribution in [2.24, 2.45) is 16.6 Å². The standard InChI is InChI=1S/C28H38F3N7O4S/c1-41-23-16-20(43(39,40)38-10-8-19(9-11-38)37-12-14-42-15-13-37)6-7-22(23)34-26-35-25-24(21(17-33-25)28(29,30)31)27(32,36-26)18-4-2-3-5-18/h6-7,16-19,33H,2-5,8-15,32H2,1H3,(H2,34,35,36). The highest BCUT2D eigenvalue weighted by Gasteiger charge is 2.49. The summed E-state index contributed by atoms with van der Waals surface area (Å²) in [6.07, 6.45) is 0.869. The third kappa shape index (κ3) is 5.72. The number of rotatable bonds is 6. The third-order valence-electron chi connectivity index (χ3n) is 9.15. The summed E-state index contributed by atoms with van der Waals surface area (Å²) in [6, 6.07) is 4.84. The van der Waals surface area contributed by atoms with Gasteiger partial charge in [-0.3, -0.25) is 4.90 Å². The first-order chi connectivity index (χ1) is 20.5. The van der Waals surface area contributed by atoms with Crippen LogP contribution in [0.1, 0.15) is 49.7 Å². The molecule has 43 heavy (non-hydrogen) atoms. The van der Waals surface area contributed by atoms with E-state index in [1.807, 2.05) is 0 Å². The first-order valence-electron chi connectivity index (χ1n) is 14.7. The van der Waals surface area contributed by atoms with Crippen LogP contribution in [0.2, 0.25) is 0 Å². The Balaban J connectivity index is 1.22. The molecule has 1 aromatic heterocycles. The number of hydrogen-bond acceptors (Lipinski definition) is 9. The van der Waals surface area contributed by atoms with Gasteiger partial charge in [-0.05, 0) is 37.8 Å². The number of anilines is 2. The Morgan fingerprint density at radius 3 is 2.47 bits per heavy atom. The van der Waals surface area contributed by atoms with Crippen molar-refractivity contribution in [1.29, 1.82) is 0 Å². The van der Waals surface area contributed by atoms with Crippen molar-refractivity contribution >= 4 is 27.5 Å². The summed E-state index contributed by atoms with van der Waals surface area (Å²) in [6.45, 7) is 3.98. The number of alkyl halides is 3. The number of methoxy groups -OCH3 is 1. The van der Waals surface area contributed by atoms with Gasteiger partial charge in [0.05, 0.1) is 36.5 Å². The summed E-state index contributed by atoms with van der Waals surface area (Å²) in [7, 11) is -2.35. The molecule has 3 aliphatic heterocycles. The van der Waals surface area contributed by atoms with E-state index in [1.165, 1.54) is 23.5 Å². The molecule has 15 heteroatoms. The SMILES string of the molecule is COc1cc(S(=O)(=O)N2CCC(N3CCOCC3)CC2)ccc1NC1=NC(N)(C2CCCC2)c2c(C(F)(F)F)c[nH]c2N1. The second kappa shape index (κ2) is 11.6. The maximum absolute atomic E-state index is 13.9. The van der Waals surface area contributed by atoms with Crippen molar-refractivity contribution in [3.05, 3.63) is 35.5 Å². The molecule has 2 saturated heterocycles. The highest BCUT2D eigenvalue weighted by Crippen LogP contribution is 2.49. The van der Waals surface area contributed by atoms with Gasteiger partial charge in [0.15, 0.2) is 0 Å². The van der Waals surface area contributed by atoms with Gasteiger partial charge in [-0.1, -0.05) is 12.8 Å². The summed E-state index contributed by atoms with van der Waals surface area (Å²) in [4.78, 5) is 9.76. The predicted octanol–water partition coefficient (Wildman–Crippen LogP) is 3.72. The first kappa shape index (κ1) is 30.2. The van der Waals surface area contributed by atoms with E-state index in [0.717, 1.165) is 45.0 Å². The number of aliphatic imine (C=N–C) groups is 1. The van der Waals surface area contributed by atoms with Gasteiger partial charge in [0.2, 0.25) is 16.0 Å². The van der Waals surface area contributed by atoms with E-state index in [9.17, 15) is 21.6 Å². The lowest BCUT2D eigenvalue weighted by molar-refractivity contribution is -0.138. The number of aromatic amines is 1. The molecule has 0 bridgehead atoms. The smallest absolute Gasteiger partial charge is 0.418 e. The molecule has 1 unspecified atom stereocenters. The Morgan fingerprint density at radius 2 is 1.81 bits per heavy atom. The molecule has 1 aromatic carbocycles. The van der Waals surface area contributed by atoms with Crippen LogP contribution in [0.15, 0.2) is 34.3 Å². The summed E-state index contributed by atoms with van der Waals surface area (Å²) < 4.78 is 81.3. The molecule has 236 valence electrons. The molecular formula is C28H38F3N7O4S. The maximum Gasteiger partial charge on any atom is 0.418 e. The molecule has 11 nitrogen and oxygen atoms in total.